The normalized spacial score (nSPS) is 10.2. The van der Waals surface area contributed by atoms with Crippen LogP contribution < -0.4 is 4.74 Å². The van der Waals surface area contributed by atoms with Crippen molar-refractivity contribution in [2.45, 2.75) is 6.92 Å². The molecule has 0 atom stereocenters. The van der Waals surface area contributed by atoms with E-state index >= 15 is 0 Å². The highest BCUT2D eigenvalue weighted by Crippen LogP contribution is 2.29. The van der Waals surface area contributed by atoms with Crippen molar-refractivity contribution in [2.24, 2.45) is 4.99 Å². The minimum Gasteiger partial charge on any atom is -0.478 e. The van der Waals surface area contributed by atoms with Crippen molar-refractivity contribution in [3.63, 3.8) is 0 Å². The van der Waals surface area contributed by atoms with Gasteiger partial charge in [0.1, 0.15) is 23.3 Å². The number of nitriles is 2. The Kier molecular flexibility index (Phi) is 4.16. The number of benzene rings is 1. The van der Waals surface area contributed by atoms with E-state index in [0.29, 0.717) is 12.4 Å². The summed E-state index contributed by atoms with van der Waals surface area (Å²) < 4.78 is 5.30. The molecule has 0 amide bonds. The maximum atomic E-state index is 9.16. The number of aromatic nitrogens is 1. The van der Waals surface area contributed by atoms with Gasteiger partial charge < -0.3 is 9.72 Å². The minimum absolute atomic E-state index is 0.189. The standard InChI is InChI=1S/C15H12N4O/c1-2-20-15-13(9-17)12(8-16)14(19-15)18-10-11-6-4-3-5-7-11/h3-7,10,19H,2H2,1H3/b18-10+. The Hall–Kier alpha value is -3.05. The second-order valence-electron chi connectivity index (χ2n) is 3.88. The first kappa shape index (κ1) is 13.4. The molecule has 20 heavy (non-hydrogen) atoms. The lowest BCUT2D eigenvalue weighted by Crippen LogP contribution is -1.93. The Balaban J connectivity index is 2.40. The van der Waals surface area contributed by atoms with Crippen molar-refractivity contribution >= 4 is 12.0 Å². The number of hydrogen-bond acceptors (Lipinski definition) is 4. The van der Waals surface area contributed by atoms with Crippen LogP contribution in [0.2, 0.25) is 0 Å². The molecule has 0 spiro atoms. The van der Waals surface area contributed by atoms with Crippen molar-refractivity contribution in [1.82, 2.24) is 4.98 Å². The van der Waals surface area contributed by atoms with Crippen LogP contribution in [0.5, 0.6) is 5.88 Å². The highest BCUT2D eigenvalue weighted by molar-refractivity contribution is 5.82. The van der Waals surface area contributed by atoms with Crippen LogP contribution in [0.1, 0.15) is 23.6 Å². The van der Waals surface area contributed by atoms with E-state index in [-0.39, 0.29) is 17.0 Å². The second kappa shape index (κ2) is 6.21. The average Bonchev–Trinajstić information content (AvgIpc) is 2.83. The zero-order valence-corrected chi connectivity index (χ0v) is 10.9. The molecular weight excluding hydrogens is 252 g/mol. The SMILES string of the molecule is CCOc1[nH]c(/N=C/c2ccccc2)c(C#N)c1C#N. The fourth-order valence-electron chi connectivity index (χ4n) is 1.71. The second-order valence-corrected chi connectivity index (χ2v) is 3.88. The molecule has 0 saturated carbocycles. The third-order valence-corrected chi connectivity index (χ3v) is 2.60. The predicted molar refractivity (Wildman–Crippen MR) is 75.1 cm³/mol. The summed E-state index contributed by atoms with van der Waals surface area (Å²) in [4.78, 5) is 7.08. The lowest BCUT2D eigenvalue weighted by atomic mass is 10.2. The van der Waals surface area contributed by atoms with Gasteiger partial charge in [-0.1, -0.05) is 30.3 Å². The summed E-state index contributed by atoms with van der Waals surface area (Å²) in [7, 11) is 0. The first-order chi connectivity index (χ1) is 9.80. The maximum absolute atomic E-state index is 9.16. The number of ether oxygens (including phenoxy) is 1. The molecule has 1 aromatic carbocycles. The van der Waals surface area contributed by atoms with E-state index in [0.717, 1.165) is 5.56 Å². The first-order valence-electron chi connectivity index (χ1n) is 6.08. The van der Waals surface area contributed by atoms with E-state index < -0.39 is 0 Å². The van der Waals surface area contributed by atoms with Crippen LogP contribution in [0.4, 0.5) is 5.82 Å². The average molecular weight is 264 g/mol. The zero-order valence-electron chi connectivity index (χ0n) is 10.9. The molecule has 2 rings (SSSR count). The third kappa shape index (κ3) is 2.68. The van der Waals surface area contributed by atoms with E-state index in [2.05, 4.69) is 9.98 Å². The maximum Gasteiger partial charge on any atom is 0.212 e. The predicted octanol–water partition coefficient (Wildman–Crippen LogP) is 2.91. The number of aromatic amines is 1. The van der Waals surface area contributed by atoms with Gasteiger partial charge >= 0.3 is 0 Å². The third-order valence-electron chi connectivity index (χ3n) is 2.60. The van der Waals surface area contributed by atoms with Crippen LogP contribution in [0.25, 0.3) is 0 Å². The highest BCUT2D eigenvalue weighted by atomic mass is 16.5. The van der Waals surface area contributed by atoms with Crippen LogP contribution in [0, 0.1) is 22.7 Å². The first-order valence-corrected chi connectivity index (χ1v) is 6.08. The molecule has 98 valence electrons. The molecule has 0 aliphatic carbocycles. The molecule has 5 heteroatoms. The molecule has 0 radical (unpaired) electrons. The van der Waals surface area contributed by atoms with Crippen molar-refractivity contribution < 1.29 is 4.74 Å². The fourth-order valence-corrected chi connectivity index (χ4v) is 1.71. The molecule has 0 saturated heterocycles. The van der Waals surface area contributed by atoms with Gasteiger partial charge in [0.2, 0.25) is 5.88 Å². The Morgan fingerprint density at radius 3 is 2.50 bits per heavy atom. The van der Waals surface area contributed by atoms with Gasteiger partial charge in [-0.2, -0.15) is 10.5 Å². The smallest absolute Gasteiger partial charge is 0.212 e. The van der Waals surface area contributed by atoms with Crippen LogP contribution in [0.15, 0.2) is 35.3 Å². The van der Waals surface area contributed by atoms with Crippen LogP contribution >= 0.6 is 0 Å². The number of H-pyrrole nitrogens is 1. The van der Waals surface area contributed by atoms with Gasteiger partial charge in [0.15, 0.2) is 5.82 Å². The van der Waals surface area contributed by atoms with Crippen LogP contribution in [-0.2, 0) is 0 Å². The topological polar surface area (TPSA) is 85.0 Å². The molecular formula is C15H12N4O. The molecule has 0 bridgehead atoms. The molecule has 5 nitrogen and oxygen atoms in total. The summed E-state index contributed by atoms with van der Waals surface area (Å²) in [5.74, 6) is 0.614. The van der Waals surface area contributed by atoms with E-state index in [4.69, 9.17) is 15.3 Å². The van der Waals surface area contributed by atoms with Gasteiger partial charge in [0.05, 0.1) is 6.61 Å². The molecule has 1 heterocycles. The molecule has 2 aromatic rings. The summed E-state index contributed by atoms with van der Waals surface area (Å²) in [6, 6.07) is 13.4. The van der Waals surface area contributed by atoms with Crippen LogP contribution in [-0.4, -0.2) is 17.8 Å². The Bertz CT molecular complexity index is 702. The van der Waals surface area contributed by atoms with Gasteiger partial charge in [-0.25, -0.2) is 4.99 Å². The monoisotopic (exact) mass is 264 g/mol. The molecule has 0 aliphatic heterocycles. The molecule has 0 unspecified atom stereocenters. The van der Waals surface area contributed by atoms with Gasteiger partial charge in [0, 0.05) is 6.21 Å². The van der Waals surface area contributed by atoms with Gasteiger partial charge in [0.25, 0.3) is 0 Å². The van der Waals surface area contributed by atoms with Crippen molar-refractivity contribution in [3.05, 3.63) is 47.0 Å². The number of rotatable bonds is 4. The molecule has 0 aliphatic rings. The zero-order chi connectivity index (χ0) is 14.4. The molecule has 1 N–H and O–H groups in total. The fraction of sp³-hybridized carbons (Fsp3) is 0.133. The van der Waals surface area contributed by atoms with Crippen LogP contribution in [0.3, 0.4) is 0 Å². The Labute approximate surface area is 116 Å². The molecule has 0 fully saturated rings. The Morgan fingerprint density at radius 1 is 1.20 bits per heavy atom. The summed E-state index contributed by atoms with van der Waals surface area (Å²) in [6.45, 7) is 2.21. The van der Waals surface area contributed by atoms with Gasteiger partial charge in [-0.05, 0) is 12.5 Å². The van der Waals surface area contributed by atoms with Crippen molar-refractivity contribution in [2.75, 3.05) is 6.61 Å². The van der Waals surface area contributed by atoms with E-state index in [1.807, 2.05) is 42.5 Å². The lowest BCUT2D eigenvalue weighted by Gasteiger charge is -1.97. The lowest BCUT2D eigenvalue weighted by molar-refractivity contribution is 0.328. The Morgan fingerprint density at radius 2 is 1.90 bits per heavy atom. The van der Waals surface area contributed by atoms with E-state index in [1.165, 1.54) is 0 Å². The summed E-state index contributed by atoms with van der Waals surface area (Å²) in [5, 5.41) is 18.3. The largest absolute Gasteiger partial charge is 0.478 e. The number of aliphatic imine (C=N–C) groups is 1. The van der Waals surface area contributed by atoms with E-state index in [1.54, 1.807) is 13.1 Å². The quantitative estimate of drug-likeness (QED) is 0.861. The van der Waals surface area contributed by atoms with Gasteiger partial charge in [-0.15, -0.1) is 0 Å². The molecule has 1 aromatic heterocycles. The number of nitrogens with one attached hydrogen (secondary N) is 1. The summed E-state index contributed by atoms with van der Waals surface area (Å²) in [5.41, 5.74) is 1.29. The number of nitrogens with zero attached hydrogens (tertiary/aromatic N) is 3. The van der Waals surface area contributed by atoms with Crippen molar-refractivity contribution in [3.8, 4) is 18.0 Å². The van der Waals surface area contributed by atoms with Crippen molar-refractivity contribution in [1.29, 1.82) is 10.5 Å². The van der Waals surface area contributed by atoms with E-state index in [9.17, 15) is 0 Å². The summed E-state index contributed by atoms with van der Waals surface area (Å²) >= 11 is 0. The minimum atomic E-state index is 0.189. The van der Waals surface area contributed by atoms with Gasteiger partial charge in [-0.3, -0.25) is 0 Å². The summed E-state index contributed by atoms with van der Waals surface area (Å²) in [6.07, 6.45) is 1.63. The number of hydrogen-bond donors (Lipinski definition) is 1. The highest BCUT2D eigenvalue weighted by Gasteiger charge is 2.17.